The van der Waals surface area contributed by atoms with Gasteiger partial charge in [0.2, 0.25) is 0 Å². The molecule has 0 unspecified atom stereocenters. The van der Waals surface area contributed by atoms with Gasteiger partial charge in [0.1, 0.15) is 11.6 Å². The van der Waals surface area contributed by atoms with Crippen LogP contribution in [0.15, 0.2) is 30.3 Å². The Labute approximate surface area is 164 Å². The van der Waals surface area contributed by atoms with E-state index in [1.54, 1.807) is 43.7 Å². The van der Waals surface area contributed by atoms with E-state index in [4.69, 9.17) is 21.1 Å². The lowest BCUT2D eigenvalue weighted by atomic mass is 10.1. The van der Waals surface area contributed by atoms with Crippen LogP contribution in [0, 0.1) is 17.5 Å². The maximum Gasteiger partial charge on any atom is 0.192 e. The second-order valence-corrected chi connectivity index (χ2v) is 6.97. The van der Waals surface area contributed by atoms with Gasteiger partial charge in [-0.1, -0.05) is 11.6 Å². The number of hydrogen-bond donors (Lipinski definition) is 0. The highest BCUT2D eigenvalue weighted by Gasteiger charge is 2.32. The minimum Gasteiger partial charge on any atom is -0.497 e. The van der Waals surface area contributed by atoms with Crippen LogP contribution in [0.1, 0.15) is 19.7 Å². The normalized spacial score (nSPS) is 11.6. The van der Waals surface area contributed by atoms with Crippen LogP contribution >= 0.6 is 11.6 Å². The van der Waals surface area contributed by atoms with E-state index in [9.17, 15) is 13.2 Å². The lowest BCUT2D eigenvalue weighted by molar-refractivity contribution is 0.0833. The molecule has 0 aliphatic rings. The fourth-order valence-corrected chi connectivity index (χ4v) is 3.07. The molecule has 1 aromatic heterocycles. The zero-order chi connectivity index (χ0) is 20.6. The minimum atomic E-state index is -1.28. The highest BCUT2D eigenvalue weighted by atomic mass is 35.5. The van der Waals surface area contributed by atoms with Crippen molar-refractivity contribution in [2.75, 3.05) is 7.11 Å². The van der Waals surface area contributed by atoms with Crippen LogP contribution in [-0.4, -0.2) is 21.9 Å². The zero-order valence-corrected chi connectivity index (χ0v) is 16.3. The van der Waals surface area contributed by atoms with Gasteiger partial charge in [0.25, 0.3) is 0 Å². The van der Waals surface area contributed by atoms with Gasteiger partial charge in [-0.2, -0.15) is 0 Å². The fraction of sp³-hybridized carbons (Fsp3) is 0.263. The minimum absolute atomic E-state index is 0.289. The molecule has 148 valence electrons. The van der Waals surface area contributed by atoms with Gasteiger partial charge in [0.05, 0.1) is 12.1 Å². The van der Waals surface area contributed by atoms with E-state index in [0.717, 1.165) is 0 Å². The van der Waals surface area contributed by atoms with Crippen molar-refractivity contribution in [3.8, 4) is 22.9 Å². The Balaban J connectivity index is 1.99. The van der Waals surface area contributed by atoms with E-state index >= 15 is 0 Å². The Morgan fingerprint density at radius 3 is 2.25 bits per heavy atom. The van der Waals surface area contributed by atoms with Crippen LogP contribution < -0.4 is 9.47 Å². The third-order valence-electron chi connectivity index (χ3n) is 4.15. The highest BCUT2D eigenvalue weighted by molar-refractivity contribution is 6.33. The summed E-state index contributed by atoms with van der Waals surface area (Å²) in [6, 6.07) is 6.18. The molecule has 28 heavy (non-hydrogen) atoms. The second kappa shape index (κ2) is 7.35. The van der Waals surface area contributed by atoms with E-state index in [-0.39, 0.29) is 5.82 Å². The predicted octanol–water partition coefficient (Wildman–Crippen LogP) is 4.88. The van der Waals surface area contributed by atoms with E-state index < -0.39 is 28.8 Å². The van der Waals surface area contributed by atoms with Crippen LogP contribution in [0.25, 0.3) is 11.4 Å². The number of hydrogen-bond acceptors (Lipinski definition) is 4. The topological polar surface area (TPSA) is 49.2 Å². The molecule has 9 heteroatoms. The predicted molar refractivity (Wildman–Crippen MR) is 98.0 cm³/mol. The third-order valence-corrected chi connectivity index (χ3v) is 4.46. The number of methoxy groups -OCH3 is 1. The van der Waals surface area contributed by atoms with E-state index in [0.29, 0.717) is 34.3 Å². The Bertz CT molecular complexity index is 1010. The molecule has 0 aliphatic heterocycles. The smallest absolute Gasteiger partial charge is 0.192 e. The number of benzene rings is 2. The molecule has 0 radical (unpaired) electrons. The molecule has 1 heterocycles. The van der Waals surface area contributed by atoms with Crippen molar-refractivity contribution in [2.24, 2.45) is 7.05 Å². The second-order valence-electron chi connectivity index (χ2n) is 6.56. The van der Waals surface area contributed by atoms with Gasteiger partial charge < -0.3 is 14.0 Å². The highest BCUT2D eigenvalue weighted by Crippen LogP contribution is 2.34. The largest absolute Gasteiger partial charge is 0.497 e. The van der Waals surface area contributed by atoms with Crippen molar-refractivity contribution in [2.45, 2.75) is 19.4 Å². The Morgan fingerprint density at radius 1 is 1.04 bits per heavy atom. The van der Waals surface area contributed by atoms with Crippen molar-refractivity contribution in [3.63, 3.8) is 0 Å². The van der Waals surface area contributed by atoms with Gasteiger partial charge in [0, 0.05) is 24.7 Å². The molecule has 5 nitrogen and oxygen atoms in total. The van der Waals surface area contributed by atoms with Crippen LogP contribution in [0.5, 0.6) is 11.5 Å². The van der Waals surface area contributed by atoms with Crippen LogP contribution in [0.2, 0.25) is 5.02 Å². The molecule has 0 fully saturated rings. The Kier molecular flexibility index (Phi) is 5.25. The molecule has 0 bridgehead atoms. The summed E-state index contributed by atoms with van der Waals surface area (Å²) in [5, 5.41) is 8.63. The third kappa shape index (κ3) is 3.64. The Hall–Kier alpha value is -2.74. The average Bonchev–Trinajstić information content (AvgIpc) is 3.00. The van der Waals surface area contributed by atoms with Crippen LogP contribution in [0.3, 0.4) is 0 Å². The lowest BCUT2D eigenvalue weighted by Crippen LogP contribution is -2.30. The standard InChI is InChI=1S/C19H17ClF3N3O2/c1-19(2,28-16-14(22)7-10(21)8-15(16)23)18-25-24-17(26(18)3)12-6-5-11(27-4)9-13(12)20/h5-9H,1-4H3. The van der Waals surface area contributed by atoms with Gasteiger partial charge in [-0.15, -0.1) is 10.2 Å². The first-order valence-electron chi connectivity index (χ1n) is 8.21. The fourth-order valence-electron chi connectivity index (χ4n) is 2.82. The number of nitrogens with zero attached hydrogens (tertiary/aromatic N) is 3. The van der Waals surface area contributed by atoms with Crippen LogP contribution in [-0.2, 0) is 12.6 Å². The first-order valence-corrected chi connectivity index (χ1v) is 8.59. The quantitative estimate of drug-likeness (QED) is 0.600. The summed E-state index contributed by atoms with van der Waals surface area (Å²) in [5.74, 6) is -2.72. The molecule has 0 aliphatic carbocycles. The van der Waals surface area contributed by atoms with Crippen LogP contribution in [0.4, 0.5) is 13.2 Å². The van der Waals surface area contributed by atoms with Crippen molar-refractivity contribution < 1.29 is 22.6 Å². The summed E-state index contributed by atoms with van der Waals surface area (Å²) in [4.78, 5) is 0. The first-order chi connectivity index (χ1) is 13.1. The number of rotatable bonds is 5. The summed E-state index contributed by atoms with van der Waals surface area (Å²) in [5.41, 5.74) is -0.683. The zero-order valence-electron chi connectivity index (χ0n) is 15.6. The Morgan fingerprint density at radius 2 is 1.68 bits per heavy atom. The monoisotopic (exact) mass is 411 g/mol. The van der Waals surface area contributed by atoms with Crippen molar-refractivity contribution in [1.82, 2.24) is 14.8 Å². The summed E-state index contributed by atoms with van der Waals surface area (Å²) in [6.45, 7) is 3.14. The van der Waals surface area contributed by atoms with Crippen molar-refractivity contribution >= 4 is 11.6 Å². The van der Waals surface area contributed by atoms with Gasteiger partial charge in [-0.05, 0) is 32.0 Å². The first kappa shape index (κ1) is 20.0. The number of aromatic nitrogens is 3. The number of ether oxygens (including phenoxy) is 2. The maximum atomic E-state index is 14.0. The molecule has 2 aromatic carbocycles. The van der Waals surface area contributed by atoms with E-state index in [2.05, 4.69) is 10.2 Å². The van der Waals surface area contributed by atoms with Gasteiger partial charge in [-0.3, -0.25) is 0 Å². The summed E-state index contributed by atoms with van der Waals surface area (Å²) >= 11 is 6.30. The summed E-state index contributed by atoms with van der Waals surface area (Å²) in [7, 11) is 3.20. The lowest BCUT2D eigenvalue weighted by Gasteiger charge is -2.26. The molecule has 0 saturated heterocycles. The summed E-state index contributed by atoms with van der Waals surface area (Å²) < 4.78 is 53.3. The molecule has 0 N–H and O–H groups in total. The molecular weight excluding hydrogens is 395 g/mol. The maximum absolute atomic E-state index is 14.0. The van der Waals surface area contributed by atoms with Gasteiger partial charge in [-0.25, -0.2) is 13.2 Å². The average molecular weight is 412 g/mol. The number of halogens is 4. The van der Waals surface area contributed by atoms with Gasteiger partial charge >= 0.3 is 0 Å². The molecule has 0 amide bonds. The SMILES string of the molecule is COc1ccc(-c2nnc(C(C)(C)Oc3c(F)cc(F)cc3F)n2C)c(Cl)c1. The van der Waals surface area contributed by atoms with Crippen molar-refractivity contribution in [3.05, 3.63) is 58.6 Å². The molecule has 0 atom stereocenters. The van der Waals surface area contributed by atoms with Gasteiger partial charge in [0.15, 0.2) is 34.6 Å². The molecule has 3 rings (SSSR count). The summed E-state index contributed by atoms with van der Waals surface area (Å²) in [6.07, 6.45) is 0. The molecule has 0 spiro atoms. The molecule has 0 saturated carbocycles. The van der Waals surface area contributed by atoms with E-state index in [1.807, 2.05) is 0 Å². The molecule has 3 aromatic rings. The van der Waals surface area contributed by atoms with E-state index in [1.165, 1.54) is 7.11 Å². The van der Waals surface area contributed by atoms with Crippen molar-refractivity contribution in [1.29, 1.82) is 0 Å². The molecular formula is C19H17ClF3N3O2.